The fourth-order valence-electron chi connectivity index (χ4n) is 1.51. The first-order chi connectivity index (χ1) is 9.08. The third kappa shape index (κ3) is 5.44. The lowest BCUT2D eigenvalue weighted by molar-refractivity contribution is -0.145. The molecular weight excluding hydrogens is 318 g/mol. The van der Waals surface area contributed by atoms with Crippen LogP contribution in [0.2, 0.25) is 10.0 Å². The molecule has 0 fully saturated rings. The minimum atomic E-state index is -4.37. The summed E-state index contributed by atoms with van der Waals surface area (Å²) in [7, 11) is 1.18. The first-order valence-electron chi connectivity index (χ1n) is 5.38. The number of hydrogen-bond donors (Lipinski definition) is 2. The van der Waals surface area contributed by atoms with Crippen molar-refractivity contribution in [2.75, 3.05) is 31.2 Å². The van der Waals surface area contributed by atoms with Crippen LogP contribution in [0.3, 0.4) is 0 Å². The van der Waals surface area contributed by atoms with E-state index in [9.17, 15) is 18.0 Å². The number of hydrogen-bond acceptors (Lipinski definition) is 3. The van der Waals surface area contributed by atoms with Gasteiger partial charge in [-0.1, -0.05) is 23.2 Å². The molecule has 0 saturated carbocycles. The Hall–Kier alpha value is -1.18. The first-order valence-corrected chi connectivity index (χ1v) is 6.14. The zero-order valence-corrected chi connectivity index (χ0v) is 11.9. The minimum Gasteiger partial charge on any atom is -0.397 e. The normalized spacial score (nSPS) is 11.8. The van der Waals surface area contributed by atoms with E-state index in [-0.39, 0.29) is 16.4 Å². The second kappa shape index (κ2) is 6.51. The Kier molecular flexibility index (Phi) is 5.50. The topological polar surface area (TPSA) is 58.4 Å². The van der Waals surface area contributed by atoms with Gasteiger partial charge >= 0.3 is 6.18 Å². The Morgan fingerprint density at radius 1 is 1.40 bits per heavy atom. The van der Waals surface area contributed by atoms with Gasteiger partial charge in [-0.2, -0.15) is 13.2 Å². The minimum absolute atomic E-state index is 0.113. The third-order valence-corrected chi connectivity index (χ3v) is 2.73. The lowest BCUT2D eigenvalue weighted by atomic mass is 10.2. The molecule has 112 valence electrons. The van der Waals surface area contributed by atoms with Crippen LogP contribution in [-0.4, -0.2) is 37.1 Å². The molecule has 1 amide bonds. The van der Waals surface area contributed by atoms with Crippen LogP contribution in [0.15, 0.2) is 12.1 Å². The average molecular weight is 330 g/mol. The fraction of sp³-hybridized carbons (Fsp3) is 0.364. The van der Waals surface area contributed by atoms with Crippen molar-refractivity contribution in [1.82, 2.24) is 4.90 Å². The van der Waals surface area contributed by atoms with E-state index in [2.05, 4.69) is 5.32 Å². The number of alkyl halides is 3. The van der Waals surface area contributed by atoms with Crippen molar-refractivity contribution in [1.29, 1.82) is 0 Å². The molecule has 0 bridgehead atoms. The lowest BCUT2D eigenvalue weighted by Crippen LogP contribution is -2.37. The van der Waals surface area contributed by atoms with Gasteiger partial charge in [0.25, 0.3) is 0 Å². The highest BCUT2D eigenvalue weighted by Crippen LogP contribution is 2.31. The van der Waals surface area contributed by atoms with Crippen LogP contribution in [-0.2, 0) is 4.79 Å². The molecule has 0 heterocycles. The molecule has 0 aliphatic carbocycles. The molecule has 1 aromatic rings. The molecule has 3 N–H and O–H groups in total. The van der Waals surface area contributed by atoms with Crippen molar-refractivity contribution < 1.29 is 18.0 Å². The van der Waals surface area contributed by atoms with E-state index in [0.29, 0.717) is 5.02 Å². The van der Waals surface area contributed by atoms with Gasteiger partial charge in [0.05, 0.1) is 29.5 Å². The van der Waals surface area contributed by atoms with Crippen molar-refractivity contribution in [2.24, 2.45) is 0 Å². The van der Waals surface area contributed by atoms with Gasteiger partial charge < -0.3 is 11.1 Å². The summed E-state index contributed by atoms with van der Waals surface area (Å²) in [6.07, 6.45) is -4.37. The SMILES string of the molecule is CN(CC(=O)Nc1c(N)cc(Cl)cc1Cl)CC(F)(F)F. The Morgan fingerprint density at radius 2 is 2.00 bits per heavy atom. The number of nitrogens with two attached hydrogens (primary N) is 1. The lowest BCUT2D eigenvalue weighted by Gasteiger charge is -2.18. The Morgan fingerprint density at radius 3 is 2.50 bits per heavy atom. The summed E-state index contributed by atoms with van der Waals surface area (Å²) in [5, 5.41) is 2.76. The predicted octanol–water partition coefficient (Wildman–Crippen LogP) is 3.01. The maximum Gasteiger partial charge on any atom is 0.401 e. The van der Waals surface area contributed by atoms with Crippen LogP contribution in [0.4, 0.5) is 24.5 Å². The van der Waals surface area contributed by atoms with Crippen LogP contribution in [0.5, 0.6) is 0 Å². The van der Waals surface area contributed by atoms with Gasteiger partial charge in [0, 0.05) is 5.02 Å². The number of nitrogens with zero attached hydrogens (tertiary/aromatic N) is 1. The number of amides is 1. The largest absolute Gasteiger partial charge is 0.401 e. The van der Waals surface area contributed by atoms with E-state index in [0.717, 1.165) is 4.90 Å². The Bertz CT molecular complexity index is 485. The second-order valence-corrected chi connectivity index (χ2v) is 5.03. The third-order valence-electron chi connectivity index (χ3n) is 2.21. The van der Waals surface area contributed by atoms with Crippen molar-refractivity contribution >= 4 is 40.5 Å². The molecular formula is C11H12Cl2F3N3O. The fourth-order valence-corrected chi connectivity index (χ4v) is 2.07. The van der Waals surface area contributed by atoms with E-state index in [4.69, 9.17) is 28.9 Å². The highest BCUT2D eigenvalue weighted by Gasteiger charge is 2.29. The van der Waals surface area contributed by atoms with E-state index in [1.807, 2.05) is 0 Å². The molecule has 1 rings (SSSR count). The van der Waals surface area contributed by atoms with Crippen molar-refractivity contribution in [3.63, 3.8) is 0 Å². The maximum atomic E-state index is 12.1. The standard InChI is InChI=1S/C11H12Cl2F3N3O/c1-19(5-11(14,15)16)4-9(20)18-10-7(13)2-6(12)3-8(10)17/h2-3H,4-5,17H2,1H3,(H,18,20). The molecule has 0 spiro atoms. The van der Waals surface area contributed by atoms with Gasteiger partial charge in [-0.15, -0.1) is 0 Å². The van der Waals surface area contributed by atoms with Crippen LogP contribution < -0.4 is 11.1 Å². The van der Waals surface area contributed by atoms with Gasteiger partial charge in [0.15, 0.2) is 0 Å². The van der Waals surface area contributed by atoms with Gasteiger partial charge in [-0.25, -0.2) is 0 Å². The van der Waals surface area contributed by atoms with E-state index in [1.165, 1.54) is 19.2 Å². The average Bonchev–Trinajstić information content (AvgIpc) is 2.20. The summed E-state index contributed by atoms with van der Waals surface area (Å²) in [6.45, 7) is -1.64. The molecule has 0 saturated heterocycles. The maximum absolute atomic E-state index is 12.1. The zero-order valence-electron chi connectivity index (χ0n) is 10.4. The molecule has 0 unspecified atom stereocenters. The van der Waals surface area contributed by atoms with Gasteiger partial charge in [-0.3, -0.25) is 9.69 Å². The summed E-state index contributed by atoms with van der Waals surface area (Å²) >= 11 is 11.6. The van der Waals surface area contributed by atoms with Crippen LogP contribution in [0, 0.1) is 0 Å². The number of carbonyl (C=O) groups excluding carboxylic acids is 1. The highest BCUT2D eigenvalue weighted by atomic mass is 35.5. The molecule has 0 atom stereocenters. The second-order valence-electron chi connectivity index (χ2n) is 4.19. The van der Waals surface area contributed by atoms with Gasteiger partial charge in [-0.05, 0) is 19.2 Å². The van der Waals surface area contributed by atoms with E-state index >= 15 is 0 Å². The van der Waals surface area contributed by atoms with Crippen molar-refractivity contribution in [3.8, 4) is 0 Å². The van der Waals surface area contributed by atoms with E-state index < -0.39 is 25.2 Å². The number of nitrogens with one attached hydrogen (secondary N) is 1. The molecule has 0 aliphatic heterocycles. The molecule has 0 radical (unpaired) electrons. The molecule has 9 heteroatoms. The van der Waals surface area contributed by atoms with E-state index in [1.54, 1.807) is 0 Å². The van der Waals surface area contributed by atoms with Crippen LogP contribution >= 0.6 is 23.2 Å². The zero-order chi connectivity index (χ0) is 15.5. The summed E-state index contributed by atoms with van der Waals surface area (Å²) < 4.78 is 36.4. The van der Waals surface area contributed by atoms with Gasteiger partial charge in [0.1, 0.15) is 0 Å². The summed E-state index contributed by atoms with van der Waals surface area (Å²) in [5.74, 6) is -0.660. The monoisotopic (exact) mass is 329 g/mol. The first kappa shape index (κ1) is 16.9. The Labute approximate surface area is 123 Å². The summed E-state index contributed by atoms with van der Waals surface area (Å²) in [6, 6.07) is 2.75. The number of nitrogen functional groups attached to an aromatic ring is 1. The summed E-state index contributed by atoms with van der Waals surface area (Å²) in [5.41, 5.74) is 5.89. The molecule has 0 aromatic heterocycles. The quantitative estimate of drug-likeness (QED) is 0.835. The number of carbonyl (C=O) groups is 1. The van der Waals surface area contributed by atoms with Gasteiger partial charge in [0.2, 0.25) is 5.91 Å². The molecule has 4 nitrogen and oxygen atoms in total. The Balaban J connectivity index is 2.68. The van der Waals surface area contributed by atoms with Crippen molar-refractivity contribution in [2.45, 2.75) is 6.18 Å². The van der Waals surface area contributed by atoms with Crippen LogP contribution in [0.25, 0.3) is 0 Å². The number of anilines is 2. The molecule has 0 aliphatic rings. The number of benzene rings is 1. The smallest absolute Gasteiger partial charge is 0.397 e. The highest BCUT2D eigenvalue weighted by molar-refractivity contribution is 6.37. The molecule has 20 heavy (non-hydrogen) atoms. The summed E-state index contributed by atoms with van der Waals surface area (Å²) in [4.78, 5) is 12.5. The number of likely N-dealkylation sites (N-methyl/N-ethyl adjacent to an activating group) is 1. The number of rotatable bonds is 4. The molecule has 1 aromatic carbocycles. The predicted molar refractivity (Wildman–Crippen MR) is 73.1 cm³/mol. The number of halogens is 5. The van der Waals surface area contributed by atoms with Crippen molar-refractivity contribution in [3.05, 3.63) is 22.2 Å². The van der Waals surface area contributed by atoms with Crippen LogP contribution in [0.1, 0.15) is 0 Å².